The molecule has 0 aliphatic heterocycles. The fraction of sp³-hybridized carbons (Fsp3) is 0.400. The zero-order chi connectivity index (χ0) is 10.6. The van der Waals surface area contributed by atoms with E-state index in [1.54, 1.807) is 12.1 Å². The Balaban J connectivity index is 2.63. The van der Waals surface area contributed by atoms with Crippen molar-refractivity contribution in [2.45, 2.75) is 19.5 Å². The topological polar surface area (TPSA) is 38.0 Å². The Hall–Kier alpha value is -0.640. The highest BCUT2D eigenvalue weighted by atomic mass is 35.5. The Morgan fingerprint density at radius 3 is 2.93 bits per heavy atom. The summed E-state index contributed by atoms with van der Waals surface area (Å²) in [7, 11) is 0. The molecule has 3 N–H and O–H groups in total. The third-order valence-corrected chi connectivity index (χ3v) is 2.45. The van der Waals surface area contributed by atoms with Gasteiger partial charge in [0.05, 0.1) is 5.02 Å². The largest absolute Gasteiger partial charge is 0.329 e. The van der Waals surface area contributed by atoms with Crippen LogP contribution in [0.2, 0.25) is 5.02 Å². The molecule has 0 amide bonds. The van der Waals surface area contributed by atoms with Gasteiger partial charge in [-0.1, -0.05) is 23.7 Å². The minimum absolute atomic E-state index is 0.184. The standard InChI is InChI=1S/C10H14ClFN2/c1-7(5-13)14-6-8-3-2-4-9(12)10(8)11/h2-4,7,14H,5-6,13H2,1H3/t7-/m1/s1. The van der Waals surface area contributed by atoms with Crippen LogP contribution in [0.1, 0.15) is 12.5 Å². The van der Waals surface area contributed by atoms with E-state index in [0.29, 0.717) is 13.1 Å². The van der Waals surface area contributed by atoms with Gasteiger partial charge in [-0.25, -0.2) is 4.39 Å². The molecule has 0 aromatic heterocycles. The van der Waals surface area contributed by atoms with Crippen molar-refractivity contribution in [3.63, 3.8) is 0 Å². The van der Waals surface area contributed by atoms with Crippen molar-refractivity contribution in [1.29, 1.82) is 0 Å². The summed E-state index contributed by atoms with van der Waals surface area (Å²) in [4.78, 5) is 0. The molecule has 0 heterocycles. The summed E-state index contributed by atoms with van der Waals surface area (Å²) in [6.07, 6.45) is 0. The molecule has 1 aromatic rings. The van der Waals surface area contributed by atoms with Crippen LogP contribution in [-0.2, 0) is 6.54 Å². The molecule has 1 aromatic carbocycles. The molecule has 78 valence electrons. The van der Waals surface area contributed by atoms with E-state index in [1.165, 1.54) is 6.07 Å². The summed E-state index contributed by atoms with van der Waals surface area (Å²) in [5.74, 6) is -0.383. The normalized spacial score (nSPS) is 12.9. The molecular weight excluding hydrogens is 203 g/mol. The van der Waals surface area contributed by atoms with E-state index in [-0.39, 0.29) is 16.9 Å². The molecule has 0 fully saturated rings. The summed E-state index contributed by atoms with van der Waals surface area (Å²) in [6, 6.07) is 4.99. The number of hydrogen-bond acceptors (Lipinski definition) is 2. The Bertz CT molecular complexity index is 304. The zero-order valence-corrected chi connectivity index (χ0v) is 8.81. The van der Waals surface area contributed by atoms with Gasteiger partial charge in [0, 0.05) is 19.1 Å². The molecule has 0 bridgehead atoms. The van der Waals surface area contributed by atoms with Crippen LogP contribution in [0.4, 0.5) is 4.39 Å². The van der Waals surface area contributed by atoms with Crippen molar-refractivity contribution in [2.75, 3.05) is 6.54 Å². The molecule has 0 unspecified atom stereocenters. The third-order valence-electron chi connectivity index (χ3n) is 2.03. The molecule has 1 rings (SSSR count). The maximum absolute atomic E-state index is 13.0. The summed E-state index contributed by atoms with van der Waals surface area (Å²) >= 11 is 5.77. The summed E-state index contributed by atoms with van der Waals surface area (Å²) in [5, 5.41) is 3.32. The van der Waals surface area contributed by atoms with E-state index in [9.17, 15) is 4.39 Å². The van der Waals surface area contributed by atoms with E-state index in [1.807, 2.05) is 6.92 Å². The second-order valence-corrected chi connectivity index (χ2v) is 3.61. The van der Waals surface area contributed by atoms with Crippen LogP contribution in [0.3, 0.4) is 0 Å². The molecule has 14 heavy (non-hydrogen) atoms. The van der Waals surface area contributed by atoms with Crippen molar-refractivity contribution in [1.82, 2.24) is 5.32 Å². The number of halogens is 2. The summed E-state index contributed by atoms with van der Waals surface area (Å²) in [6.45, 7) is 3.05. The molecule has 0 saturated carbocycles. The predicted octanol–water partition coefficient (Wildman–Crippen LogP) is 1.92. The number of benzene rings is 1. The lowest BCUT2D eigenvalue weighted by molar-refractivity contribution is 0.553. The fourth-order valence-corrected chi connectivity index (χ4v) is 1.25. The first kappa shape index (κ1) is 11.4. The Labute approximate surface area is 88.2 Å². The molecule has 0 saturated heterocycles. The molecule has 0 aliphatic carbocycles. The lowest BCUT2D eigenvalue weighted by Crippen LogP contribution is -2.32. The van der Waals surface area contributed by atoms with E-state index < -0.39 is 0 Å². The van der Waals surface area contributed by atoms with Gasteiger partial charge in [-0.3, -0.25) is 0 Å². The third kappa shape index (κ3) is 2.94. The van der Waals surface area contributed by atoms with Gasteiger partial charge >= 0.3 is 0 Å². The van der Waals surface area contributed by atoms with E-state index in [2.05, 4.69) is 5.32 Å². The van der Waals surface area contributed by atoms with Gasteiger partial charge in [0.1, 0.15) is 5.82 Å². The van der Waals surface area contributed by atoms with Crippen molar-refractivity contribution in [2.24, 2.45) is 5.73 Å². The molecule has 0 aliphatic rings. The van der Waals surface area contributed by atoms with Crippen LogP contribution in [0.15, 0.2) is 18.2 Å². The first-order valence-electron chi connectivity index (χ1n) is 4.51. The van der Waals surface area contributed by atoms with Crippen LogP contribution in [0.25, 0.3) is 0 Å². The molecule has 0 radical (unpaired) electrons. The maximum Gasteiger partial charge on any atom is 0.142 e. The lowest BCUT2D eigenvalue weighted by Gasteiger charge is -2.12. The number of hydrogen-bond donors (Lipinski definition) is 2. The predicted molar refractivity (Wildman–Crippen MR) is 56.8 cm³/mol. The zero-order valence-electron chi connectivity index (χ0n) is 8.06. The smallest absolute Gasteiger partial charge is 0.142 e. The lowest BCUT2D eigenvalue weighted by atomic mass is 10.2. The average Bonchev–Trinajstić information content (AvgIpc) is 2.20. The van der Waals surface area contributed by atoms with Gasteiger partial charge in [0.2, 0.25) is 0 Å². The van der Waals surface area contributed by atoms with Crippen LogP contribution in [-0.4, -0.2) is 12.6 Å². The van der Waals surface area contributed by atoms with Crippen LogP contribution in [0, 0.1) is 5.82 Å². The van der Waals surface area contributed by atoms with Crippen molar-refractivity contribution >= 4 is 11.6 Å². The van der Waals surface area contributed by atoms with Crippen molar-refractivity contribution in [3.8, 4) is 0 Å². The van der Waals surface area contributed by atoms with Gasteiger partial charge < -0.3 is 11.1 Å². The first-order valence-corrected chi connectivity index (χ1v) is 4.89. The van der Waals surface area contributed by atoms with Crippen LogP contribution in [0.5, 0.6) is 0 Å². The molecule has 4 heteroatoms. The second-order valence-electron chi connectivity index (χ2n) is 3.23. The van der Waals surface area contributed by atoms with E-state index in [0.717, 1.165) is 5.56 Å². The van der Waals surface area contributed by atoms with Crippen LogP contribution >= 0.6 is 11.6 Å². The molecular formula is C10H14ClFN2. The van der Waals surface area contributed by atoms with Gasteiger partial charge in [-0.05, 0) is 18.6 Å². The highest BCUT2D eigenvalue weighted by Gasteiger charge is 2.06. The molecule has 1 atom stereocenters. The van der Waals surface area contributed by atoms with Gasteiger partial charge in [-0.2, -0.15) is 0 Å². The van der Waals surface area contributed by atoms with Gasteiger partial charge in [-0.15, -0.1) is 0 Å². The van der Waals surface area contributed by atoms with E-state index in [4.69, 9.17) is 17.3 Å². The first-order chi connectivity index (χ1) is 6.65. The Kier molecular flexibility index (Phi) is 4.32. The quantitative estimate of drug-likeness (QED) is 0.807. The minimum Gasteiger partial charge on any atom is -0.329 e. The average molecular weight is 217 g/mol. The number of nitrogens with two attached hydrogens (primary N) is 1. The van der Waals surface area contributed by atoms with Gasteiger partial charge in [0.25, 0.3) is 0 Å². The summed E-state index contributed by atoms with van der Waals surface area (Å²) in [5.41, 5.74) is 6.19. The van der Waals surface area contributed by atoms with E-state index >= 15 is 0 Å². The Morgan fingerprint density at radius 1 is 1.57 bits per heavy atom. The molecule has 2 nitrogen and oxygen atoms in total. The number of nitrogens with one attached hydrogen (secondary N) is 1. The molecule has 0 spiro atoms. The highest BCUT2D eigenvalue weighted by Crippen LogP contribution is 2.19. The van der Waals surface area contributed by atoms with Crippen molar-refractivity contribution < 1.29 is 4.39 Å². The second kappa shape index (κ2) is 5.29. The maximum atomic E-state index is 13.0. The summed E-state index contributed by atoms with van der Waals surface area (Å²) < 4.78 is 13.0. The number of rotatable bonds is 4. The van der Waals surface area contributed by atoms with Crippen LogP contribution < -0.4 is 11.1 Å². The fourth-order valence-electron chi connectivity index (χ4n) is 1.05. The van der Waals surface area contributed by atoms with Crippen molar-refractivity contribution in [3.05, 3.63) is 34.6 Å². The minimum atomic E-state index is -0.383. The highest BCUT2D eigenvalue weighted by molar-refractivity contribution is 6.31. The Morgan fingerprint density at radius 2 is 2.29 bits per heavy atom. The SMILES string of the molecule is C[C@H](CN)NCc1cccc(F)c1Cl. The van der Waals surface area contributed by atoms with Gasteiger partial charge in [0.15, 0.2) is 0 Å². The monoisotopic (exact) mass is 216 g/mol.